The van der Waals surface area contributed by atoms with Gasteiger partial charge in [0.15, 0.2) is 0 Å². The van der Waals surface area contributed by atoms with Gasteiger partial charge in [0.05, 0.1) is 0 Å². The van der Waals surface area contributed by atoms with Gasteiger partial charge in [-0.05, 0) is 24.5 Å². The normalized spacial score (nSPS) is 15.8. The van der Waals surface area contributed by atoms with E-state index in [-0.39, 0.29) is 12.3 Å². The maximum atomic E-state index is 11.9. The minimum absolute atomic E-state index is 0.0103. The second-order valence-electron chi connectivity index (χ2n) is 5.26. The van der Waals surface area contributed by atoms with Crippen molar-refractivity contribution >= 4 is 11.8 Å². The van der Waals surface area contributed by atoms with Gasteiger partial charge in [-0.1, -0.05) is 37.5 Å². The Morgan fingerprint density at radius 2 is 1.90 bits per heavy atom. The first-order valence-electron chi connectivity index (χ1n) is 7.18. The van der Waals surface area contributed by atoms with Crippen molar-refractivity contribution in [2.45, 2.75) is 44.6 Å². The molecular formula is C16H21N2O2. The predicted octanol–water partition coefficient (Wildman–Crippen LogP) is 2.18. The number of benzene rings is 1. The number of nitrogens with two attached hydrogens (primary N) is 1. The summed E-state index contributed by atoms with van der Waals surface area (Å²) in [5, 5.41) is 3.05. The Labute approximate surface area is 119 Å². The van der Waals surface area contributed by atoms with E-state index >= 15 is 0 Å². The van der Waals surface area contributed by atoms with Crippen LogP contribution in [0, 0.1) is 6.42 Å². The predicted molar refractivity (Wildman–Crippen MR) is 78.0 cm³/mol. The standard InChI is InChI=1S/C16H21N2O2/c17-16(20)14-9-5-4-6-12(14)10-11-15(19)18-13-7-2-1-3-8-13/h4-6,9-10,13H,1-3,7-8,11H2,(H2,17,20)(H,18,19). The first-order chi connectivity index (χ1) is 9.66. The molecule has 2 amide bonds. The fraction of sp³-hybridized carbons (Fsp3) is 0.438. The highest BCUT2D eigenvalue weighted by Crippen LogP contribution is 2.18. The molecule has 1 aliphatic rings. The maximum absolute atomic E-state index is 11.9. The monoisotopic (exact) mass is 273 g/mol. The van der Waals surface area contributed by atoms with E-state index in [0.29, 0.717) is 11.6 Å². The SMILES string of the molecule is NC(=O)c1ccccc1[CH]CC(=O)NC1CCCCC1. The maximum Gasteiger partial charge on any atom is 0.248 e. The number of primary amides is 1. The van der Waals surface area contributed by atoms with Gasteiger partial charge in [0.25, 0.3) is 0 Å². The van der Waals surface area contributed by atoms with Crippen LogP contribution < -0.4 is 11.1 Å². The van der Waals surface area contributed by atoms with Crippen LogP contribution in [0.5, 0.6) is 0 Å². The minimum Gasteiger partial charge on any atom is -0.366 e. The Kier molecular flexibility index (Phi) is 5.16. The molecule has 0 atom stereocenters. The topological polar surface area (TPSA) is 72.2 Å². The van der Waals surface area contributed by atoms with Crippen molar-refractivity contribution in [3.05, 3.63) is 41.8 Å². The molecule has 1 fully saturated rings. The summed E-state index contributed by atoms with van der Waals surface area (Å²) in [7, 11) is 0. The van der Waals surface area contributed by atoms with Crippen LogP contribution in [0.25, 0.3) is 0 Å². The van der Waals surface area contributed by atoms with Crippen LogP contribution in [0.4, 0.5) is 0 Å². The van der Waals surface area contributed by atoms with Crippen LogP contribution >= 0.6 is 0 Å². The summed E-state index contributed by atoms with van der Waals surface area (Å²) in [6.45, 7) is 0. The van der Waals surface area contributed by atoms with Crippen LogP contribution in [0.1, 0.15) is 54.4 Å². The summed E-state index contributed by atoms with van der Waals surface area (Å²) in [6.07, 6.45) is 7.84. The quantitative estimate of drug-likeness (QED) is 0.863. The van der Waals surface area contributed by atoms with E-state index in [2.05, 4.69) is 5.32 Å². The van der Waals surface area contributed by atoms with Crippen molar-refractivity contribution in [2.75, 3.05) is 0 Å². The molecule has 0 heterocycles. The average Bonchev–Trinajstić information content (AvgIpc) is 2.46. The van der Waals surface area contributed by atoms with Gasteiger partial charge in [-0.25, -0.2) is 0 Å². The third-order valence-corrected chi connectivity index (χ3v) is 3.70. The summed E-state index contributed by atoms with van der Waals surface area (Å²) in [5.41, 5.74) is 6.49. The van der Waals surface area contributed by atoms with E-state index in [4.69, 9.17) is 5.73 Å². The van der Waals surface area contributed by atoms with Crippen molar-refractivity contribution in [3.8, 4) is 0 Å². The zero-order valence-corrected chi connectivity index (χ0v) is 11.6. The number of amides is 2. The van der Waals surface area contributed by atoms with E-state index in [1.54, 1.807) is 24.6 Å². The molecule has 0 aliphatic heterocycles. The minimum atomic E-state index is -0.468. The van der Waals surface area contributed by atoms with Crippen LogP contribution in [-0.4, -0.2) is 17.9 Å². The lowest BCUT2D eigenvalue weighted by Gasteiger charge is -2.22. The van der Waals surface area contributed by atoms with Gasteiger partial charge in [-0.15, -0.1) is 0 Å². The number of hydrogen-bond donors (Lipinski definition) is 2. The summed E-state index contributed by atoms with van der Waals surface area (Å²) in [6, 6.07) is 7.38. The number of carbonyl (C=O) groups excluding carboxylic acids is 2. The zero-order chi connectivity index (χ0) is 14.4. The first kappa shape index (κ1) is 14.6. The van der Waals surface area contributed by atoms with Crippen molar-refractivity contribution in [1.29, 1.82) is 0 Å². The van der Waals surface area contributed by atoms with Crippen LogP contribution in [0.3, 0.4) is 0 Å². The molecular weight excluding hydrogens is 252 g/mol. The number of carbonyl (C=O) groups is 2. The molecule has 107 valence electrons. The molecule has 4 nitrogen and oxygen atoms in total. The van der Waals surface area contributed by atoms with E-state index < -0.39 is 5.91 Å². The van der Waals surface area contributed by atoms with E-state index in [0.717, 1.165) is 18.4 Å². The smallest absolute Gasteiger partial charge is 0.248 e. The largest absolute Gasteiger partial charge is 0.366 e. The molecule has 1 radical (unpaired) electrons. The summed E-state index contributed by atoms with van der Waals surface area (Å²) in [5.74, 6) is -0.458. The van der Waals surface area contributed by atoms with Crippen LogP contribution in [0.15, 0.2) is 24.3 Å². The third-order valence-electron chi connectivity index (χ3n) is 3.70. The summed E-state index contributed by atoms with van der Waals surface area (Å²) in [4.78, 5) is 23.2. The Hall–Kier alpha value is -1.84. The lowest BCUT2D eigenvalue weighted by Crippen LogP contribution is -2.36. The van der Waals surface area contributed by atoms with E-state index in [1.807, 2.05) is 6.07 Å². The van der Waals surface area contributed by atoms with Crippen molar-refractivity contribution in [1.82, 2.24) is 5.32 Å². The fourth-order valence-corrected chi connectivity index (χ4v) is 2.64. The first-order valence-corrected chi connectivity index (χ1v) is 7.18. The van der Waals surface area contributed by atoms with E-state index in [9.17, 15) is 9.59 Å². The fourth-order valence-electron chi connectivity index (χ4n) is 2.64. The van der Waals surface area contributed by atoms with Gasteiger partial charge in [0.1, 0.15) is 0 Å². The lowest BCUT2D eigenvalue weighted by atomic mass is 9.95. The second kappa shape index (κ2) is 7.08. The number of hydrogen-bond acceptors (Lipinski definition) is 2. The molecule has 20 heavy (non-hydrogen) atoms. The highest BCUT2D eigenvalue weighted by Gasteiger charge is 2.16. The highest BCUT2D eigenvalue weighted by molar-refractivity contribution is 5.95. The van der Waals surface area contributed by atoms with Crippen molar-refractivity contribution in [3.63, 3.8) is 0 Å². The molecule has 3 N–H and O–H groups in total. The van der Waals surface area contributed by atoms with Gasteiger partial charge in [0.2, 0.25) is 11.8 Å². The molecule has 0 spiro atoms. The second-order valence-corrected chi connectivity index (χ2v) is 5.26. The van der Waals surface area contributed by atoms with E-state index in [1.165, 1.54) is 19.3 Å². The molecule has 2 rings (SSSR count). The van der Waals surface area contributed by atoms with Gasteiger partial charge in [-0.2, -0.15) is 0 Å². The Morgan fingerprint density at radius 3 is 2.60 bits per heavy atom. The third kappa shape index (κ3) is 4.08. The Bertz CT molecular complexity index is 479. The molecule has 1 aliphatic carbocycles. The molecule has 0 aromatic heterocycles. The van der Waals surface area contributed by atoms with Gasteiger partial charge >= 0.3 is 0 Å². The van der Waals surface area contributed by atoms with Crippen LogP contribution in [-0.2, 0) is 4.79 Å². The van der Waals surface area contributed by atoms with Crippen LogP contribution in [0.2, 0.25) is 0 Å². The van der Waals surface area contributed by atoms with Gasteiger partial charge in [-0.3, -0.25) is 9.59 Å². The molecule has 4 heteroatoms. The molecule has 1 aromatic carbocycles. The highest BCUT2D eigenvalue weighted by atomic mass is 16.2. The number of rotatable bonds is 5. The number of nitrogens with one attached hydrogen (secondary N) is 1. The Balaban J connectivity index is 1.85. The summed E-state index contributed by atoms with van der Waals surface area (Å²) < 4.78 is 0. The van der Waals surface area contributed by atoms with Gasteiger partial charge in [0, 0.05) is 24.4 Å². The molecule has 1 saturated carbocycles. The van der Waals surface area contributed by atoms with Crippen molar-refractivity contribution < 1.29 is 9.59 Å². The van der Waals surface area contributed by atoms with Gasteiger partial charge < -0.3 is 11.1 Å². The molecule has 0 bridgehead atoms. The molecule has 0 saturated heterocycles. The average molecular weight is 273 g/mol. The molecule has 0 unspecified atom stereocenters. The lowest BCUT2D eigenvalue weighted by molar-refractivity contribution is -0.121. The van der Waals surface area contributed by atoms with Crippen molar-refractivity contribution in [2.24, 2.45) is 5.73 Å². The Morgan fingerprint density at radius 1 is 1.20 bits per heavy atom. The molecule has 1 aromatic rings. The zero-order valence-electron chi connectivity index (χ0n) is 11.6. The summed E-state index contributed by atoms with van der Waals surface area (Å²) >= 11 is 0.